The van der Waals surface area contributed by atoms with Gasteiger partial charge in [-0.1, -0.05) is 23.2 Å². The number of rotatable bonds is 0. The molecule has 0 radical (unpaired) electrons. The van der Waals surface area contributed by atoms with Gasteiger partial charge in [0.2, 0.25) is 5.91 Å². The molecule has 2 aromatic rings. The molecule has 0 spiro atoms. The third-order valence-corrected chi connectivity index (χ3v) is 2.98. The van der Waals surface area contributed by atoms with Crippen molar-refractivity contribution in [1.29, 1.82) is 0 Å². The van der Waals surface area contributed by atoms with Gasteiger partial charge in [-0.15, -0.1) is 0 Å². The summed E-state index contributed by atoms with van der Waals surface area (Å²) in [6.07, 6.45) is 0. The third kappa shape index (κ3) is 1.45. The molecule has 1 heterocycles. The van der Waals surface area contributed by atoms with Gasteiger partial charge in [-0.3, -0.25) is 4.79 Å². The van der Waals surface area contributed by atoms with Gasteiger partial charge in [-0.25, -0.2) is 9.36 Å². The highest BCUT2D eigenvalue weighted by Gasteiger charge is 2.19. The molecule has 1 aromatic heterocycles. The Morgan fingerprint density at radius 1 is 1.38 bits per heavy atom. The molecule has 0 aliphatic rings. The Kier molecular flexibility index (Phi) is 2.56. The van der Waals surface area contributed by atoms with E-state index >= 15 is 0 Å². The van der Waals surface area contributed by atoms with Crippen molar-refractivity contribution in [2.45, 2.75) is 13.8 Å². The first-order valence-electron chi connectivity index (χ1n) is 4.44. The molecular formula is C10H7Cl2NO3. The second-order valence-corrected chi connectivity index (χ2v) is 4.18. The fraction of sp³-hybridized carbons (Fsp3) is 0.200. The maximum absolute atomic E-state index is 11.5. The lowest BCUT2D eigenvalue weighted by atomic mass is 10.2. The quantitative estimate of drug-likeness (QED) is 0.731. The Morgan fingerprint density at radius 2 is 2.00 bits per heavy atom. The Labute approximate surface area is 100 Å². The second kappa shape index (κ2) is 3.64. The summed E-state index contributed by atoms with van der Waals surface area (Å²) in [7, 11) is 0. The standard InChI is InChI=1S/C10H7Cl2NO3/c1-4-6(11)3-7(12)9-8(4)13(5(2)14)10(15)16-9/h3H,1-2H3. The maximum atomic E-state index is 11.5. The van der Waals surface area contributed by atoms with Gasteiger partial charge >= 0.3 is 5.76 Å². The highest BCUT2D eigenvalue weighted by Crippen LogP contribution is 2.31. The SMILES string of the molecule is CC(=O)n1c(=O)oc2c(Cl)cc(Cl)c(C)c21. The van der Waals surface area contributed by atoms with Crippen LogP contribution >= 0.6 is 23.2 Å². The summed E-state index contributed by atoms with van der Waals surface area (Å²) in [4.78, 5) is 22.8. The van der Waals surface area contributed by atoms with Crippen LogP contribution in [0, 0.1) is 6.92 Å². The first kappa shape index (κ1) is 11.2. The van der Waals surface area contributed by atoms with Crippen molar-refractivity contribution in [1.82, 2.24) is 4.57 Å². The Morgan fingerprint density at radius 3 is 2.56 bits per heavy atom. The highest BCUT2D eigenvalue weighted by molar-refractivity contribution is 6.38. The first-order chi connectivity index (χ1) is 7.43. The number of hydrogen-bond donors (Lipinski definition) is 0. The van der Waals surface area contributed by atoms with E-state index in [1.165, 1.54) is 13.0 Å². The van der Waals surface area contributed by atoms with E-state index in [1.807, 2.05) is 0 Å². The highest BCUT2D eigenvalue weighted by atomic mass is 35.5. The molecule has 0 amide bonds. The van der Waals surface area contributed by atoms with E-state index in [9.17, 15) is 9.59 Å². The fourth-order valence-electron chi connectivity index (χ4n) is 1.56. The van der Waals surface area contributed by atoms with E-state index in [0.29, 0.717) is 16.1 Å². The first-order valence-corrected chi connectivity index (χ1v) is 5.20. The van der Waals surface area contributed by atoms with E-state index in [2.05, 4.69) is 0 Å². The molecule has 0 unspecified atom stereocenters. The smallest absolute Gasteiger partial charge is 0.406 e. The van der Waals surface area contributed by atoms with Crippen LogP contribution < -0.4 is 5.76 Å². The maximum Gasteiger partial charge on any atom is 0.426 e. The van der Waals surface area contributed by atoms with Crippen molar-refractivity contribution in [3.05, 3.63) is 32.2 Å². The minimum Gasteiger partial charge on any atom is -0.406 e. The molecule has 0 aliphatic heterocycles. The summed E-state index contributed by atoms with van der Waals surface area (Å²) in [6.45, 7) is 2.96. The van der Waals surface area contributed by atoms with Gasteiger partial charge in [0.25, 0.3) is 0 Å². The third-order valence-electron chi connectivity index (χ3n) is 2.31. The van der Waals surface area contributed by atoms with E-state index < -0.39 is 11.7 Å². The molecule has 0 atom stereocenters. The molecule has 4 nitrogen and oxygen atoms in total. The van der Waals surface area contributed by atoms with Gasteiger partial charge < -0.3 is 4.42 Å². The molecule has 0 aliphatic carbocycles. The average molecular weight is 260 g/mol. The largest absolute Gasteiger partial charge is 0.426 e. The number of halogens is 2. The number of carbonyl (C=O) groups excluding carboxylic acids is 1. The normalized spacial score (nSPS) is 11.0. The number of fused-ring (bicyclic) bond motifs is 1. The van der Waals surface area contributed by atoms with E-state index in [0.717, 1.165) is 4.57 Å². The number of aryl methyl sites for hydroxylation is 1. The van der Waals surface area contributed by atoms with Crippen LogP contribution in [0.15, 0.2) is 15.3 Å². The monoisotopic (exact) mass is 259 g/mol. The zero-order valence-electron chi connectivity index (χ0n) is 8.51. The van der Waals surface area contributed by atoms with Crippen molar-refractivity contribution in [2.75, 3.05) is 0 Å². The van der Waals surface area contributed by atoms with Crippen molar-refractivity contribution in [2.24, 2.45) is 0 Å². The van der Waals surface area contributed by atoms with Crippen molar-refractivity contribution in [3.8, 4) is 0 Å². The molecule has 0 fully saturated rings. The average Bonchev–Trinajstić information content (AvgIpc) is 2.53. The lowest BCUT2D eigenvalue weighted by Gasteiger charge is -2.02. The molecule has 0 saturated carbocycles. The molecule has 1 aromatic carbocycles. The minimum absolute atomic E-state index is 0.184. The summed E-state index contributed by atoms with van der Waals surface area (Å²) >= 11 is 11.8. The van der Waals surface area contributed by atoms with Crippen LogP contribution in [0.2, 0.25) is 10.0 Å². The molecule has 84 valence electrons. The number of nitrogens with zero attached hydrogens (tertiary/aromatic N) is 1. The van der Waals surface area contributed by atoms with Gasteiger partial charge in [0.15, 0.2) is 5.58 Å². The Hall–Kier alpha value is -1.26. The van der Waals surface area contributed by atoms with Crippen LogP contribution in [0.3, 0.4) is 0 Å². The van der Waals surface area contributed by atoms with Crippen LogP contribution in [-0.4, -0.2) is 10.5 Å². The van der Waals surface area contributed by atoms with Crippen LogP contribution in [0.25, 0.3) is 11.1 Å². The zero-order chi connectivity index (χ0) is 12.0. The van der Waals surface area contributed by atoms with Crippen molar-refractivity contribution in [3.63, 3.8) is 0 Å². The van der Waals surface area contributed by atoms with Gasteiger partial charge in [-0.2, -0.15) is 0 Å². The van der Waals surface area contributed by atoms with Crippen molar-refractivity contribution >= 4 is 40.2 Å². The van der Waals surface area contributed by atoms with Crippen LogP contribution in [0.5, 0.6) is 0 Å². The predicted molar refractivity (Wildman–Crippen MR) is 61.5 cm³/mol. The summed E-state index contributed by atoms with van der Waals surface area (Å²) in [5.41, 5.74) is 1.10. The van der Waals surface area contributed by atoms with E-state index in [-0.39, 0.29) is 10.6 Å². The summed E-state index contributed by atoms with van der Waals surface area (Å²) in [6, 6.07) is 1.48. The number of hydrogen-bond acceptors (Lipinski definition) is 3. The fourth-order valence-corrected chi connectivity index (χ4v) is 2.05. The van der Waals surface area contributed by atoms with Gasteiger partial charge in [0, 0.05) is 11.9 Å². The topological polar surface area (TPSA) is 52.2 Å². The molecule has 0 saturated heterocycles. The molecule has 6 heteroatoms. The van der Waals surface area contributed by atoms with E-state index in [4.69, 9.17) is 27.6 Å². The summed E-state index contributed by atoms with van der Waals surface area (Å²) in [5.74, 6) is -1.19. The second-order valence-electron chi connectivity index (χ2n) is 3.37. The molecule has 0 N–H and O–H groups in total. The number of benzene rings is 1. The minimum atomic E-state index is -0.755. The molecule has 0 bridgehead atoms. The van der Waals surface area contributed by atoms with Gasteiger partial charge in [0.1, 0.15) is 5.52 Å². The lowest BCUT2D eigenvalue weighted by Crippen LogP contribution is -2.19. The summed E-state index contributed by atoms with van der Waals surface area (Å²) in [5, 5.41) is 0.594. The molecule has 16 heavy (non-hydrogen) atoms. The summed E-state index contributed by atoms with van der Waals surface area (Å²) < 4.78 is 5.84. The Balaban J connectivity index is 3.09. The lowest BCUT2D eigenvalue weighted by molar-refractivity contribution is 0.0933. The van der Waals surface area contributed by atoms with Gasteiger partial charge in [-0.05, 0) is 18.6 Å². The molecule has 2 rings (SSSR count). The number of aromatic nitrogens is 1. The van der Waals surface area contributed by atoms with Crippen LogP contribution in [0.4, 0.5) is 0 Å². The Bertz CT molecular complexity index is 654. The van der Waals surface area contributed by atoms with Gasteiger partial charge in [0.05, 0.1) is 5.02 Å². The number of carbonyl (C=O) groups is 1. The van der Waals surface area contributed by atoms with Crippen LogP contribution in [0.1, 0.15) is 17.3 Å². The number of oxazole rings is 1. The predicted octanol–water partition coefficient (Wildman–Crippen LogP) is 2.87. The zero-order valence-corrected chi connectivity index (χ0v) is 10.0. The molecular weight excluding hydrogens is 253 g/mol. The van der Waals surface area contributed by atoms with Crippen molar-refractivity contribution < 1.29 is 9.21 Å². The van der Waals surface area contributed by atoms with E-state index in [1.54, 1.807) is 6.92 Å². The van der Waals surface area contributed by atoms with Crippen LogP contribution in [-0.2, 0) is 0 Å².